The van der Waals surface area contributed by atoms with E-state index in [0.29, 0.717) is 61.9 Å². The molecule has 2 unspecified atom stereocenters. The summed E-state index contributed by atoms with van der Waals surface area (Å²) in [4.78, 5) is 30.3. The summed E-state index contributed by atoms with van der Waals surface area (Å²) in [7, 11) is 1.57. The molecule has 2 aliphatic heterocycles. The van der Waals surface area contributed by atoms with Crippen LogP contribution in [0.4, 0.5) is 0 Å². The highest BCUT2D eigenvalue weighted by molar-refractivity contribution is 6.36. The number of ether oxygens (including phenoxy) is 3. The van der Waals surface area contributed by atoms with Crippen molar-refractivity contribution in [2.24, 2.45) is 0 Å². The number of methoxy groups -OCH3 is 1. The summed E-state index contributed by atoms with van der Waals surface area (Å²) in [5.74, 6) is 0.0564. The van der Waals surface area contributed by atoms with Crippen LogP contribution in [-0.2, 0) is 19.1 Å². The van der Waals surface area contributed by atoms with Crippen LogP contribution in [0.2, 0.25) is 0 Å². The number of carbonyl (C=O) groups excluding carboxylic acids is 2. The minimum Gasteiger partial charge on any atom is -0.496 e. The number of para-hydroxylation sites is 1. The fourth-order valence-corrected chi connectivity index (χ4v) is 4.19. The van der Waals surface area contributed by atoms with E-state index < -0.39 is 0 Å². The Bertz CT molecular complexity index is 812. The molecule has 2 heterocycles. The molecule has 7 heteroatoms. The third kappa shape index (κ3) is 5.28. The Morgan fingerprint density at radius 1 is 1.03 bits per heavy atom. The lowest BCUT2D eigenvalue weighted by atomic mass is 10.0. The van der Waals surface area contributed by atoms with Gasteiger partial charge in [0, 0.05) is 38.4 Å². The standard InChI is InChI=1S/C24H34N2O5/c1-5-6-13-30-14-9-12-26-23(27)21(19-10-7-8-11-20(19)29-4)22(24(26)28)25-15-17(2)31-18(3)16-25/h7-8,10-11,17-18H,5-6,9,12-16H2,1-4H3. The molecule has 2 amide bonds. The summed E-state index contributed by atoms with van der Waals surface area (Å²) in [6, 6.07) is 7.36. The number of carbonyl (C=O) groups is 2. The summed E-state index contributed by atoms with van der Waals surface area (Å²) in [5, 5.41) is 0. The second-order valence-corrected chi connectivity index (χ2v) is 8.17. The molecule has 0 saturated carbocycles. The fourth-order valence-electron chi connectivity index (χ4n) is 4.19. The van der Waals surface area contributed by atoms with Gasteiger partial charge in [-0.05, 0) is 32.8 Å². The van der Waals surface area contributed by atoms with Crippen molar-refractivity contribution in [1.29, 1.82) is 0 Å². The molecule has 2 atom stereocenters. The number of benzene rings is 1. The number of morpholine rings is 1. The molecule has 31 heavy (non-hydrogen) atoms. The zero-order chi connectivity index (χ0) is 22.4. The van der Waals surface area contributed by atoms with E-state index in [1.165, 1.54) is 4.90 Å². The van der Waals surface area contributed by atoms with Gasteiger partial charge in [0.2, 0.25) is 0 Å². The van der Waals surface area contributed by atoms with Crippen LogP contribution in [0, 0.1) is 0 Å². The Hall–Kier alpha value is -2.38. The van der Waals surface area contributed by atoms with Crippen molar-refractivity contribution < 1.29 is 23.8 Å². The van der Waals surface area contributed by atoms with E-state index in [0.717, 1.165) is 12.8 Å². The van der Waals surface area contributed by atoms with Gasteiger partial charge >= 0.3 is 0 Å². The summed E-state index contributed by atoms with van der Waals surface area (Å²) in [5.41, 5.74) is 1.51. The van der Waals surface area contributed by atoms with Crippen molar-refractivity contribution >= 4 is 17.4 Å². The maximum absolute atomic E-state index is 13.5. The van der Waals surface area contributed by atoms with Crippen LogP contribution in [0.5, 0.6) is 5.75 Å². The van der Waals surface area contributed by atoms with Gasteiger partial charge in [-0.1, -0.05) is 31.5 Å². The third-order valence-electron chi connectivity index (χ3n) is 5.57. The molecule has 0 aliphatic carbocycles. The Morgan fingerprint density at radius 3 is 2.39 bits per heavy atom. The molecule has 1 aromatic carbocycles. The lowest BCUT2D eigenvalue weighted by Crippen LogP contribution is -2.47. The van der Waals surface area contributed by atoms with Crippen molar-refractivity contribution in [3.63, 3.8) is 0 Å². The first-order chi connectivity index (χ1) is 15.0. The van der Waals surface area contributed by atoms with E-state index in [1.807, 2.05) is 43.0 Å². The second-order valence-electron chi connectivity index (χ2n) is 8.17. The van der Waals surface area contributed by atoms with Crippen molar-refractivity contribution in [2.45, 2.75) is 52.2 Å². The van der Waals surface area contributed by atoms with Gasteiger partial charge in [0.1, 0.15) is 11.4 Å². The molecule has 0 aromatic heterocycles. The molecule has 0 radical (unpaired) electrons. The van der Waals surface area contributed by atoms with Gasteiger partial charge in [-0.15, -0.1) is 0 Å². The fraction of sp³-hybridized carbons (Fsp3) is 0.583. The molecule has 1 aromatic rings. The lowest BCUT2D eigenvalue weighted by Gasteiger charge is -2.37. The largest absolute Gasteiger partial charge is 0.496 e. The Balaban J connectivity index is 1.88. The molecule has 170 valence electrons. The summed E-state index contributed by atoms with van der Waals surface area (Å²) in [6.07, 6.45) is 2.65. The van der Waals surface area contributed by atoms with Crippen molar-refractivity contribution in [2.75, 3.05) is 40.0 Å². The second kappa shape index (κ2) is 10.8. The van der Waals surface area contributed by atoms with Crippen molar-refractivity contribution in [3.05, 3.63) is 35.5 Å². The van der Waals surface area contributed by atoms with Gasteiger partial charge in [-0.25, -0.2) is 0 Å². The van der Waals surface area contributed by atoms with Crippen molar-refractivity contribution in [3.8, 4) is 5.75 Å². The predicted octanol–water partition coefficient (Wildman–Crippen LogP) is 3.09. The summed E-state index contributed by atoms with van der Waals surface area (Å²) < 4.78 is 17.0. The van der Waals surface area contributed by atoms with Crippen LogP contribution in [-0.4, -0.2) is 73.8 Å². The van der Waals surface area contributed by atoms with Crippen molar-refractivity contribution in [1.82, 2.24) is 9.80 Å². The highest BCUT2D eigenvalue weighted by Gasteiger charge is 2.43. The van der Waals surface area contributed by atoms with Crippen LogP contribution in [0.25, 0.3) is 5.57 Å². The van der Waals surface area contributed by atoms with Crippen LogP contribution in [0.15, 0.2) is 30.0 Å². The highest BCUT2D eigenvalue weighted by atomic mass is 16.5. The van der Waals surface area contributed by atoms with Crippen LogP contribution < -0.4 is 4.74 Å². The molecular weight excluding hydrogens is 396 g/mol. The zero-order valence-corrected chi connectivity index (χ0v) is 19.1. The topological polar surface area (TPSA) is 68.3 Å². The monoisotopic (exact) mass is 430 g/mol. The van der Waals surface area contributed by atoms with E-state index >= 15 is 0 Å². The van der Waals surface area contributed by atoms with Crippen LogP contribution in [0.1, 0.15) is 45.6 Å². The molecular formula is C24H34N2O5. The smallest absolute Gasteiger partial charge is 0.277 e. The van der Waals surface area contributed by atoms with Gasteiger partial charge in [0.25, 0.3) is 11.8 Å². The van der Waals surface area contributed by atoms with Gasteiger partial charge in [0.05, 0.1) is 24.9 Å². The minimum atomic E-state index is -0.273. The molecule has 0 N–H and O–H groups in total. The number of hydrogen-bond donors (Lipinski definition) is 0. The van der Waals surface area contributed by atoms with E-state index in [9.17, 15) is 9.59 Å². The van der Waals surface area contributed by atoms with Gasteiger partial charge < -0.3 is 19.1 Å². The van der Waals surface area contributed by atoms with Gasteiger partial charge in [-0.3, -0.25) is 14.5 Å². The minimum absolute atomic E-state index is 0.0286. The Kier molecular flexibility index (Phi) is 8.09. The number of hydrogen-bond acceptors (Lipinski definition) is 6. The van der Waals surface area contributed by atoms with Gasteiger partial charge in [-0.2, -0.15) is 0 Å². The SMILES string of the molecule is CCCCOCCCN1C(=O)C(c2ccccc2OC)=C(N2CC(C)OC(C)C2)C1=O. The van der Waals surface area contributed by atoms with E-state index in [4.69, 9.17) is 14.2 Å². The number of imide groups is 1. The average molecular weight is 431 g/mol. The van der Waals surface area contributed by atoms with Crippen LogP contribution >= 0.6 is 0 Å². The van der Waals surface area contributed by atoms with Crippen LogP contribution in [0.3, 0.4) is 0 Å². The molecule has 0 spiro atoms. The average Bonchev–Trinajstić information content (AvgIpc) is 2.99. The number of unbranched alkanes of at least 4 members (excludes halogenated alkanes) is 1. The molecule has 1 saturated heterocycles. The molecule has 7 nitrogen and oxygen atoms in total. The normalized spacial score (nSPS) is 21.9. The summed E-state index contributed by atoms with van der Waals surface area (Å²) in [6.45, 7) is 8.78. The number of rotatable bonds is 10. The Morgan fingerprint density at radius 2 is 1.71 bits per heavy atom. The first-order valence-electron chi connectivity index (χ1n) is 11.2. The molecule has 1 fully saturated rings. The highest BCUT2D eigenvalue weighted by Crippen LogP contribution is 2.37. The quantitative estimate of drug-likeness (QED) is 0.420. The first-order valence-corrected chi connectivity index (χ1v) is 11.2. The number of nitrogens with zero attached hydrogens (tertiary/aromatic N) is 2. The van der Waals surface area contributed by atoms with E-state index in [-0.39, 0.29) is 24.0 Å². The van der Waals surface area contributed by atoms with Gasteiger partial charge in [0.15, 0.2) is 0 Å². The first kappa shape index (κ1) is 23.3. The molecule has 2 aliphatic rings. The Labute approximate surface area is 184 Å². The third-order valence-corrected chi connectivity index (χ3v) is 5.57. The number of amides is 2. The molecule has 0 bridgehead atoms. The lowest BCUT2D eigenvalue weighted by molar-refractivity contribution is -0.138. The zero-order valence-electron chi connectivity index (χ0n) is 19.1. The maximum Gasteiger partial charge on any atom is 0.277 e. The maximum atomic E-state index is 13.5. The summed E-state index contributed by atoms with van der Waals surface area (Å²) >= 11 is 0. The van der Waals surface area contributed by atoms with E-state index in [2.05, 4.69) is 6.92 Å². The van der Waals surface area contributed by atoms with E-state index in [1.54, 1.807) is 7.11 Å². The predicted molar refractivity (Wildman–Crippen MR) is 119 cm³/mol. The molecule has 3 rings (SSSR count).